The molecule has 1 unspecified atom stereocenters. The predicted octanol–water partition coefficient (Wildman–Crippen LogP) is 3.46. The number of aromatic nitrogens is 3. The van der Waals surface area contributed by atoms with Crippen LogP contribution in [0.5, 0.6) is 0 Å². The first-order valence-corrected chi connectivity index (χ1v) is 9.49. The van der Waals surface area contributed by atoms with Gasteiger partial charge in [0.05, 0.1) is 6.54 Å². The van der Waals surface area contributed by atoms with E-state index in [2.05, 4.69) is 54.4 Å². The molecule has 0 amide bonds. The molecule has 0 aliphatic heterocycles. The zero-order chi connectivity index (χ0) is 18.9. The van der Waals surface area contributed by atoms with E-state index in [-0.39, 0.29) is 0 Å². The van der Waals surface area contributed by atoms with Crippen LogP contribution in [0.2, 0.25) is 0 Å². The first kappa shape index (κ1) is 19.9. The van der Waals surface area contributed by atoms with Crippen molar-refractivity contribution in [1.29, 1.82) is 0 Å². The molecule has 26 heavy (non-hydrogen) atoms. The Hall–Kier alpha value is -2.37. The van der Waals surface area contributed by atoms with Gasteiger partial charge in [0.15, 0.2) is 5.96 Å². The number of imidazole rings is 1. The maximum absolute atomic E-state index is 4.70. The van der Waals surface area contributed by atoms with E-state index in [0.717, 1.165) is 42.0 Å². The van der Waals surface area contributed by atoms with Crippen LogP contribution >= 0.6 is 0 Å². The standard InChI is InChI=1S/C20H32N6/c1-6-21-20(25-16(4)8-7-15(2)3)24-14-18-9-10-19(23-13-18)26-12-11-22-17(26)5/h9-13,15-16H,6-8,14H2,1-5H3,(H2,21,24,25). The number of nitrogens with zero attached hydrogens (tertiary/aromatic N) is 4. The second kappa shape index (κ2) is 9.94. The van der Waals surface area contributed by atoms with Gasteiger partial charge in [-0.1, -0.05) is 19.9 Å². The smallest absolute Gasteiger partial charge is 0.191 e. The van der Waals surface area contributed by atoms with Crippen molar-refractivity contribution >= 4 is 5.96 Å². The van der Waals surface area contributed by atoms with Crippen LogP contribution in [0.3, 0.4) is 0 Å². The summed E-state index contributed by atoms with van der Waals surface area (Å²) in [5.74, 6) is 3.39. The second-order valence-corrected chi connectivity index (χ2v) is 7.08. The molecule has 0 aliphatic carbocycles. The topological polar surface area (TPSA) is 67.1 Å². The summed E-state index contributed by atoms with van der Waals surface area (Å²) < 4.78 is 1.97. The summed E-state index contributed by atoms with van der Waals surface area (Å²) in [5, 5.41) is 6.81. The Balaban J connectivity index is 1.96. The third-order valence-corrected chi connectivity index (χ3v) is 4.21. The zero-order valence-electron chi connectivity index (χ0n) is 16.7. The highest BCUT2D eigenvalue weighted by Crippen LogP contribution is 2.09. The van der Waals surface area contributed by atoms with E-state index in [4.69, 9.17) is 4.99 Å². The molecule has 2 N–H and O–H groups in total. The van der Waals surface area contributed by atoms with Gasteiger partial charge in [0.1, 0.15) is 11.6 Å². The number of pyridine rings is 1. The Labute approximate surface area is 157 Å². The molecule has 0 radical (unpaired) electrons. The highest BCUT2D eigenvalue weighted by Gasteiger charge is 2.07. The minimum absolute atomic E-state index is 0.403. The molecule has 2 heterocycles. The molecule has 1 atom stereocenters. The quantitative estimate of drug-likeness (QED) is 0.561. The van der Waals surface area contributed by atoms with Crippen LogP contribution in [0.4, 0.5) is 0 Å². The van der Waals surface area contributed by atoms with Gasteiger partial charge in [-0.15, -0.1) is 0 Å². The Kier molecular flexibility index (Phi) is 7.63. The lowest BCUT2D eigenvalue weighted by atomic mass is 10.0. The number of aliphatic imine (C=N–C) groups is 1. The molecule has 0 aliphatic rings. The van der Waals surface area contributed by atoms with Gasteiger partial charge in [0.2, 0.25) is 0 Å². The van der Waals surface area contributed by atoms with Gasteiger partial charge < -0.3 is 10.6 Å². The van der Waals surface area contributed by atoms with Crippen molar-refractivity contribution in [3.63, 3.8) is 0 Å². The van der Waals surface area contributed by atoms with Gasteiger partial charge in [-0.2, -0.15) is 0 Å². The highest BCUT2D eigenvalue weighted by molar-refractivity contribution is 5.80. The summed E-state index contributed by atoms with van der Waals surface area (Å²) in [6.45, 7) is 12.2. The fraction of sp³-hybridized carbons (Fsp3) is 0.550. The minimum Gasteiger partial charge on any atom is -0.357 e. The fourth-order valence-electron chi connectivity index (χ4n) is 2.65. The number of aryl methyl sites for hydroxylation is 1. The van der Waals surface area contributed by atoms with Crippen molar-refractivity contribution in [2.45, 2.75) is 60.0 Å². The molecular weight excluding hydrogens is 324 g/mol. The summed E-state index contributed by atoms with van der Waals surface area (Å²) in [7, 11) is 0. The van der Waals surface area contributed by atoms with Gasteiger partial charge in [-0.05, 0) is 51.2 Å². The highest BCUT2D eigenvalue weighted by atomic mass is 15.2. The van der Waals surface area contributed by atoms with Crippen molar-refractivity contribution in [2.24, 2.45) is 10.9 Å². The lowest BCUT2D eigenvalue weighted by molar-refractivity contribution is 0.489. The third-order valence-electron chi connectivity index (χ3n) is 4.21. The zero-order valence-corrected chi connectivity index (χ0v) is 16.7. The van der Waals surface area contributed by atoms with Crippen molar-refractivity contribution < 1.29 is 0 Å². The molecule has 0 saturated heterocycles. The average molecular weight is 357 g/mol. The molecule has 0 aromatic carbocycles. The average Bonchev–Trinajstić information content (AvgIpc) is 3.04. The van der Waals surface area contributed by atoms with Crippen LogP contribution in [-0.4, -0.2) is 33.1 Å². The van der Waals surface area contributed by atoms with E-state index in [1.165, 1.54) is 6.42 Å². The number of hydrogen-bond acceptors (Lipinski definition) is 3. The number of guanidine groups is 1. The molecule has 2 aromatic rings. The molecule has 0 saturated carbocycles. The van der Waals surface area contributed by atoms with E-state index in [9.17, 15) is 0 Å². The molecule has 0 bridgehead atoms. The normalized spacial score (nSPS) is 13.1. The maximum atomic E-state index is 4.70. The molecular formula is C20H32N6. The van der Waals surface area contributed by atoms with Crippen LogP contribution in [0.1, 0.15) is 51.9 Å². The summed E-state index contributed by atoms with van der Waals surface area (Å²) >= 11 is 0. The molecule has 6 nitrogen and oxygen atoms in total. The lowest BCUT2D eigenvalue weighted by Gasteiger charge is -2.18. The van der Waals surface area contributed by atoms with Gasteiger partial charge in [0.25, 0.3) is 0 Å². The first-order chi connectivity index (χ1) is 12.5. The van der Waals surface area contributed by atoms with Crippen LogP contribution < -0.4 is 10.6 Å². The Morgan fingerprint density at radius 2 is 2.00 bits per heavy atom. The SMILES string of the molecule is CCNC(=NCc1ccc(-n2ccnc2C)nc1)NC(C)CCC(C)C. The van der Waals surface area contributed by atoms with Crippen molar-refractivity contribution in [2.75, 3.05) is 6.54 Å². The molecule has 2 rings (SSSR count). The van der Waals surface area contributed by atoms with Gasteiger partial charge in [0, 0.05) is 31.2 Å². The Morgan fingerprint density at radius 1 is 1.19 bits per heavy atom. The monoisotopic (exact) mass is 356 g/mol. The first-order valence-electron chi connectivity index (χ1n) is 9.49. The van der Waals surface area contributed by atoms with Crippen molar-refractivity contribution in [3.8, 4) is 5.82 Å². The minimum atomic E-state index is 0.403. The van der Waals surface area contributed by atoms with E-state index in [1.54, 1.807) is 6.20 Å². The maximum Gasteiger partial charge on any atom is 0.191 e. The van der Waals surface area contributed by atoms with Gasteiger partial charge in [-0.3, -0.25) is 4.57 Å². The van der Waals surface area contributed by atoms with E-state index >= 15 is 0 Å². The van der Waals surface area contributed by atoms with E-state index < -0.39 is 0 Å². The molecule has 0 fully saturated rings. The summed E-state index contributed by atoms with van der Waals surface area (Å²) in [6.07, 6.45) is 7.94. The second-order valence-electron chi connectivity index (χ2n) is 7.08. The van der Waals surface area contributed by atoms with Crippen LogP contribution in [0.25, 0.3) is 5.82 Å². The van der Waals surface area contributed by atoms with Crippen molar-refractivity contribution in [1.82, 2.24) is 25.2 Å². The van der Waals surface area contributed by atoms with Gasteiger partial charge in [-0.25, -0.2) is 15.0 Å². The van der Waals surface area contributed by atoms with Crippen LogP contribution in [0, 0.1) is 12.8 Å². The van der Waals surface area contributed by atoms with Crippen LogP contribution in [-0.2, 0) is 6.54 Å². The van der Waals surface area contributed by atoms with E-state index in [0.29, 0.717) is 12.6 Å². The Morgan fingerprint density at radius 3 is 2.58 bits per heavy atom. The van der Waals surface area contributed by atoms with Gasteiger partial charge >= 0.3 is 0 Å². The molecule has 6 heteroatoms. The number of rotatable bonds is 8. The summed E-state index contributed by atoms with van der Waals surface area (Å²) in [5.41, 5.74) is 1.08. The summed E-state index contributed by atoms with van der Waals surface area (Å²) in [4.78, 5) is 13.5. The van der Waals surface area contributed by atoms with Crippen molar-refractivity contribution in [3.05, 3.63) is 42.1 Å². The molecule has 2 aromatic heterocycles. The van der Waals surface area contributed by atoms with E-state index in [1.807, 2.05) is 30.0 Å². The lowest BCUT2D eigenvalue weighted by Crippen LogP contribution is -2.42. The summed E-state index contributed by atoms with van der Waals surface area (Å²) in [6, 6.07) is 4.47. The largest absolute Gasteiger partial charge is 0.357 e. The molecule has 0 spiro atoms. The number of hydrogen-bond donors (Lipinski definition) is 2. The predicted molar refractivity (Wildman–Crippen MR) is 108 cm³/mol. The third kappa shape index (κ3) is 6.17. The number of nitrogens with one attached hydrogen (secondary N) is 2. The fourth-order valence-corrected chi connectivity index (χ4v) is 2.65. The molecule has 142 valence electrons. The van der Waals surface area contributed by atoms with Crippen LogP contribution in [0.15, 0.2) is 35.7 Å². The Bertz CT molecular complexity index is 687.